The number of aromatic nitrogens is 6. The summed E-state index contributed by atoms with van der Waals surface area (Å²) in [6.07, 6.45) is 5.72. The lowest BCUT2D eigenvalue weighted by Gasteiger charge is -2.26. The summed E-state index contributed by atoms with van der Waals surface area (Å²) in [5.41, 5.74) is 2.57. The molecule has 27 heavy (non-hydrogen) atoms. The number of rotatable bonds is 4. The van der Waals surface area contributed by atoms with Gasteiger partial charge in [0.1, 0.15) is 5.82 Å². The summed E-state index contributed by atoms with van der Waals surface area (Å²) < 4.78 is 1.71. The molecule has 2 aliphatic rings. The van der Waals surface area contributed by atoms with Crippen LogP contribution in [0, 0.1) is 0 Å². The Labute approximate surface area is 156 Å². The molecular weight excluding hydrogens is 342 g/mol. The zero-order valence-electron chi connectivity index (χ0n) is 15.0. The van der Waals surface area contributed by atoms with Crippen LogP contribution in [0.3, 0.4) is 0 Å². The molecule has 2 aromatic heterocycles. The van der Waals surface area contributed by atoms with Crippen LogP contribution >= 0.6 is 0 Å². The molecule has 1 fully saturated rings. The minimum absolute atomic E-state index is 0.608. The highest BCUT2D eigenvalue weighted by Crippen LogP contribution is 2.35. The summed E-state index contributed by atoms with van der Waals surface area (Å²) in [6.45, 7) is 4.21. The standard InChI is InChI=1S/C18H21N9/c1-4-9-26(10-5-1)11-8-19-18-20-12-13-16(22-18)21-14-6-2-3-7-15(14)27-17(13)23-24-25-27/h2-3,6-7,12H,1,4-5,8-11H2,(H2,19,20,21,22). The van der Waals surface area contributed by atoms with E-state index in [0.29, 0.717) is 17.6 Å². The third-order valence-corrected chi connectivity index (χ3v) is 5.04. The number of likely N-dealkylation sites (tertiary alicyclic amines) is 1. The van der Waals surface area contributed by atoms with Crippen LogP contribution in [0.5, 0.6) is 0 Å². The highest BCUT2D eigenvalue weighted by atomic mass is 15.5. The first-order valence-corrected chi connectivity index (χ1v) is 9.37. The Morgan fingerprint density at radius 2 is 2.00 bits per heavy atom. The SMILES string of the molecule is c1ccc2c(c1)Nc1nc(NCCN3CCCCC3)ncc1-c1nnnn1-2. The monoisotopic (exact) mass is 363 g/mol. The van der Waals surface area contributed by atoms with Crippen molar-refractivity contribution < 1.29 is 0 Å². The summed E-state index contributed by atoms with van der Waals surface area (Å²) in [5, 5.41) is 18.8. The van der Waals surface area contributed by atoms with Crippen molar-refractivity contribution in [3.05, 3.63) is 30.5 Å². The van der Waals surface area contributed by atoms with Crippen molar-refractivity contribution in [2.24, 2.45) is 0 Å². The molecule has 138 valence electrons. The van der Waals surface area contributed by atoms with Crippen molar-refractivity contribution in [3.63, 3.8) is 0 Å². The highest BCUT2D eigenvalue weighted by molar-refractivity contribution is 5.81. The molecule has 1 aromatic carbocycles. The van der Waals surface area contributed by atoms with E-state index in [0.717, 1.165) is 30.0 Å². The van der Waals surface area contributed by atoms with Gasteiger partial charge in [0.15, 0.2) is 5.82 Å². The zero-order valence-corrected chi connectivity index (χ0v) is 15.0. The second-order valence-corrected chi connectivity index (χ2v) is 6.84. The molecule has 2 N–H and O–H groups in total. The van der Waals surface area contributed by atoms with Gasteiger partial charge >= 0.3 is 0 Å². The number of anilines is 3. The Morgan fingerprint density at radius 1 is 1.11 bits per heavy atom. The lowest BCUT2D eigenvalue weighted by Crippen LogP contribution is -2.33. The van der Waals surface area contributed by atoms with Crippen LogP contribution in [-0.4, -0.2) is 61.3 Å². The van der Waals surface area contributed by atoms with Gasteiger partial charge in [-0.15, -0.1) is 5.10 Å². The summed E-state index contributed by atoms with van der Waals surface area (Å²) in [7, 11) is 0. The molecule has 0 unspecified atom stereocenters. The minimum Gasteiger partial charge on any atom is -0.353 e. The van der Waals surface area contributed by atoms with Gasteiger partial charge < -0.3 is 15.5 Å². The summed E-state index contributed by atoms with van der Waals surface area (Å²) >= 11 is 0. The van der Waals surface area contributed by atoms with Crippen molar-refractivity contribution in [2.75, 3.05) is 36.8 Å². The number of tetrazole rings is 1. The highest BCUT2D eigenvalue weighted by Gasteiger charge is 2.23. The molecule has 5 rings (SSSR count). The van der Waals surface area contributed by atoms with Crippen molar-refractivity contribution in [3.8, 4) is 17.1 Å². The molecule has 0 bridgehead atoms. The van der Waals surface area contributed by atoms with Crippen molar-refractivity contribution in [1.82, 2.24) is 35.1 Å². The van der Waals surface area contributed by atoms with Gasteiger partial charge in [0.05, 0.1) is 16.9 Å². The molecule has 0 saturated carbocycles. The molecule has 1 saturated heterocycles. The van der Waals surface area contributed by atoms with Crippen LogP contribution in [-0.2, 0) is 0 Å². The molecule has 4 heterocycles. The molecule has 0 radical (unpaired) electrons. The third kappa shape index (κ3) is 3.10. The molecule has 0 atom stereocenters. The third-order valence-electron chi connectivity index (χ3n) is 5.04. The fraction of sp³-hybridized carbons (Fsp3) is 0.389. The van der Waals surface area contributed by atoms with Crippen LogP contribution in [0.2, 0.25) is 0 Å². The molecule has 9 nitrogen and oxygen atoms in total. The van der Waals surface area contributed by atoms with Gasteiger partial charge in [0.25, 0.3) is 0 Å². The predicted molar refractivity (Wildman–Crippen MR) is 102 cm³/mol. The van der Waals surface area contributed by atoms with E-state index in [1.165, 1.54) is 32.4 Å². The van der Waals surface area contributed by atoms with Crippen LogP contribution < -0.4 is 10.6 Å². The molecule has 3 aromatic rings. The van der Waals surface area contributed by atoms with E-state index in [2.05, 4.69) is 41.0 Å². The summed E-state index contributed by atoms with van der Waals surface area (Å²) in [6, 6.07) is 7.89. The fourth-order valence-electron chi connectivity index (χ4n) is 3.64. The lowest BCUT2D eigenvalue weighted by molar-refractivity contribution is 0.237. The number of hydrogen-bond donors (Lipinski definition) is 2. The number of hydrogen-bond acceptors (Lipinski definition) is 8. The molecule has 2 aliphatic heterocycles. The number of benzene rings is 1. The average molecular weight is 363 g/mol. The van der Waals surface area contributed by atoms with Gasteiger partial charge in [0.2, 0.25) is 5.95 Å². The number of nitrogens with one attached hydrogen (secondary N) is 2. The predicted octanol–water partition coefficient (Wildman–Crippen LogP) is 2.07. The first-order valence-electron chi connectivity index (χ1n) is 9.37. The van der Waals surface area contributed by atoms with Crippen LogP contribution in [0.15, 0.2) is 30.5 Å². The Hall–Kier alpha value is -3.07. The second-order valence-electron chi connectivity index (χ2n) is 6.84. The van der Waals surface area contributed by atoms with Crippen LogP contribution in [0.1, 0.15) is 19.3 Å². The van der Waals surface area contributed by atoms with Gasteiger partial charge in [0, 0.05) is 19.3 Å². The van der Waals surface area contributed by atoms with Crippen molar-refractivity contribution >= 4 is 17.5 Å². The maximum absolute atomic E-state index is 4.67. The lowest BCUT2D eigenvalue weighted by atomic mass is 10.1. The zero-order chi connectivity index (χ0) is 18.1. The number of fused-ring (bicyclic) bond motifs is 5. The van der Waals surface area contributed by atoms with E-state index < -0.39 is 0 Å². The quantitative estimate of drug-likeness (QED) is 0.569. The maximum atomic E-state index is 4.67. The molecular formula is C18H21N9. The Kier molecular flexibility index (Phi) is 4.13. The van der Waals surface area contributed by atoms with Gasteiger partial charge in [-0.2, -0.15) is 9.67 Å². The minimum atomic E-state index is 0.608. The van der Waals surface area contributed by atoms with Crippen LogP contribution in [0.25, 0.3) is 17.1 Å². The van der Waals surface area contributed by atoms with E-state index in [9.17, 15) is 0 Å². The van der Waals surface area contributed by atoms with Gasteiger partial charge in [-0.1, -0.05) is 18.6 Å². The number of para-hydroxylation sites is 2. The smallest absolute Gasteiger partial charge is 0.224 e. The number of piperidine rings is 1. The van der Waals surface area contributed by atoms with Crippen molar-refractivity contribution in [1.29, 1.82) is 0 Å². The van der Waals surface area contributed by atoms with Crippen molar-refractivity contribution in [2.45, 2.75) is 19.3 Å². The normalized spacial score (nSPS) is 15.9. The molecule has 9 heteroatoms. The van der Waals surface area contributed by atoms with E-state index >= 15 is 0 Å². The largest absolute Gasteiger partial charge is 0.353 e. The second kappa shape index (κ2) is 6.92. The molecule has 0 aliphatic carbocycles. The molecule has 0 spiro atoms. The topological polar surface area (TPSA) is 96.7 Å². The Morgan fingerprint density at radius 3 is 2.93 bits per heavy atom. The van der Waals surface area contributed by atoms with E-state index in [1.807, 2.05) is 24.3 Å². The average Bonchev–Trinajstić information content (AvgIpc) is 3.14. The number of nitrogens with zero attached hydrogens (tertiary/aromatic N) is 7. The fourth-order valence-corrected chi connectivity index (χ4v) is 3.64. The first-order chi connectivity index (χ1) is 13.4. The van der Waals surface area contributed by atoms with E-state index in [-0.39, 0.29) is 0 Å². The Bertz CT molecular complexity index is 946. The van der Waals surface area contributed by atoms with Crippen LogP contribution in [0.4, 0.5) is 17.5 Å². The maximum Gasteiger partial charge on any atom is 0.224 e. The van der Waals surface area contributed by atoms with Gasteiger partial charge in [-0.3, -0.25) is 0 Å². The van der Waals surface area contributed by atoms with E-state index in [4.69, 9.17) is 0 Å². The summed E-state index contributed by atoms with van der Waals surface area (Å²) in [4.78, 5) is 11.6. The Balaban J connectivity index is 1.39. The molecule has 0 amide bonds. The van der Waals surface area contributed by atoms with Gasteiger partial charge in [-0.05, 0) is 48.5 Å². The van der Waals surface area contributed by atoms with Gasteiger partial charge in [-0.25, -0.2) is 4.98 Å². The summed E-state index contributed by atoms with van der Waals surface area (Å²) in [5.74, 6) is 1.94. The van der Waals surface area contributed by atoms with E-state index in [1.54, 1.807) is 10.9 Å². The first kappa shape index (κ1) is 16.1.